The number of carbonyl (C=O) groups is 1. The van der Waals surface area contributed by atoms with Gasteiger partial charge in [-0.3, -0.25) is 14.2 Å². The summed E-state index contributed by atoms with van der Waals surface area (Å²) in [6.45, 7) is 0. The zero-order chi connectivity index (χ0) is 22.8. The van der Waals surface area contributed by atoms with E-state index < -0.39 is 23.1 Å². The number of anilines is 1. The molecule has 0 aliphatic heterocycles. The first-order valence-corrected chi connectivity index (χ1v) is 10.8. The molecule has 2 aromatic heterocycles. The molecular formula is C21H12Cl2F2N4O2S. The maximum Gasteiger partial charge on any atom is 0.266 e. The predicted molar refractivity (Wildman–Crippen MR) is 121 cm³/mol. The van der Waals surface area contributed by atoms with Gasteiger partial charge in [0.15, 0.2) is 10.3 Å². The van der Waals surface area contributed by atoms with E-state index in [0.717, 1.165) is 28.5 Å². The summed E-state index contributed by atoms with van der Waals surface area (Å²) in [5.74, 6) is -2.36. The number of aromatic nitrogens is 3. The van der Waals surface area contributed by atoms with Gasteiger partial charge < -0.3 is 5.32 Å². The van der Waals surface area contributed by atoms with Gasteiger partial charge >= 0.3 is 0 Å². The van der Waals surface area contributed by atoms with E-state index in [1.807, 2.05) is 0 Å². The van der Waals surface area contributed by atoms with Crippen molar-refractivity contribution in [3.8, 4) is 5.69 Å². The molecule has 0 fully saturated rings. The van der Waals surface area contributed by atoms with Gasteiger partial charge in [0, 0.05) is 17.3 Å². The van der Waals surface area contributed by atoms with E-state index in [2.05, 4.69) is 15.3 Å². The number of hydrogen-bond donors (Lipinski definition) is 1. The monoisotopic (exact) mass is 492 g/mol. The van der Waals surface area contributed by atoms with Crippen molar-refractivity contribution in [3.05, 3.63) is 86.9 Å². The summed E-state index contributed by atoms with van der Waals surface area (Å²) in [6.07, 6.45) is 1.48. The molecule has 32 heavy (non-hydrogen) atoms. The molecule has 0 atom stereocenters. The SMILES string of the molecule is O=C(CSc1nc2ccc(Cl)cc2c(=O)n1-c1ccc(F)cc1F)Nc1cccnc1Cl. The summed E-state index contributed by atoms with van der Waals surface area (Å²) in [6, 6.07) is 10.5. The maximum absolute atomic E-state index is 14.5. The van der Waals surface area contributed by atoms with Crippen molar-refractivity contribution in [2.45, 2.75) is 5.16 Å². The van der Waals surface area contributed by atoms with Crippen LogP contribution >= 0.6 is 35.0 Å². The second kappa shape index (κ2) is 9.23. The minimum Gasteiger partial charge on any atom is -0.323 e. The molecule has 0 saturated carbocycles. The van der Waals surface area contributed by atoms with Gasteiger partial charge in [0.05, 0.1) is 28.0 Å². The fraction of sp³-hybridized carbons (Fsp3) is 0.0476. The van der Waals surface area contributed by atoms with Gasteiger partial charge in [0.2, 0.25) is 5.91 Å². The molecule has 0 spiro atoms. The number of nitrogens with one attached hydrogen (secondary N) is 1. The molecular weight excluding hydrogens is 481 g/mol. The van der Waals surface area contributed by atoms with E-state index in [1.54, 1.807) is 24.3 Å². The van der Waals surface area contributed by atoms with Crippen molar-refractivity contribution in [1.82, 2.24) is 14.5 Å². The van der Waals surface area contributed by atoms with Crippen LogP contribution in [0.4, 0.5) is 14.5 Å². The normalized spacial score (nSPS) is 11.0. The van der Waals surface area contributed by atoms with Gasteiger partial charge in [0.1, 0.15) is 11.6 Å². The Kier molecular flexibility index (Phi) is 6.40. The van der Waals surface area contributed by atoms with Crippen LogP contribution in [0.3, 0.4) is 0 Å². The average molecular weight is 493 g/mol. The number of hydrogen-bond acceptors (Lipinski definition) is 5. The van der Waals surface area contributed by atoms with Gasteiger partial charge in [-0.05, 0) is 42.5 Å². The first kappa shape index (κ1) is 22.2. The van der Waals surface area contributed by atoms with Crippen LogP contribution in [0.5, 0.6) is 0 Å². The van der Waals surface area contributed by atoms with Crippen LogP contribution < -0.4 is 10.9 Å². The van der Waals surface area contributed by atoms with Crippen LogP contribution in [0.25, 0.3) is 16.6 Å². The molecule has 6 nitrogen and oxygen atoms in total. The van der Waals surface area contributed by atoms with Crippen molar-refractivity contribution in [2.75, 3.05) is 11.1 Å². The van der Waals surface area contributed by atoms with E-state index in [0.29, 0.717) is 22.3 Å². The summed E-state index contributed by atoms with van der Waals surface area (Å²) in [7, 11) is 0. The smallest absolute Gasteiger partial charge is 0.266 e. The maximum atomic E-state index is 14.5. The van der Waals surface area contributed by atoms with Crippen LogP contribution in [0.15, 0.2) is 64.7 Å². The highest BCUT2D eigenvalue weighted by atomic mass is 35.5. The molecule has 0 aliphatic rings. The Bertz CT molecular complexity index is 1410. The fourth-order valence-corrected chi connectivity index (χ4v) is 4.05. The Hall–Kier alpha value is -3.01. The van der Waals surface area contributed by atoms with E-state index in [9.17, 15) is 18.4 Å². The van der Waals surface area contributed by atoms with Crippen LogP contribution in [-0.4, -0.2) is 26.2 Å². The number of rotatable bonds is 5. The number of halogens is 4. The molecule has 0 aliphatic carbocycles. The molecule has 2 heterocycles. The molecule has 0 radical (unpaired) electrons. The summed E-state index contributed by atoms with van der Waals surface area (Å²) < 4.78 is 29.0. The van der Waals surface area contributed by atoms with E-state index >= 15 is 0 Å². The second-order valence-corrected chi connectivity index (χ2v) is 8.21. The zero-order valence-electron chi connectivity index (χ0n) is 16.0. The minimum absolute atomic E-state index is 0.0442. The first-order chi connectivity index (χ1) is 15.3. The van der Waals surface area contributed by atoms with Gasteiger partial charge in [-0.1, -0.05) is 35.0 Å². The number of benzene rings is 2. The predicted octanol–water partition coefficient (Wildman–Crippen LogP) is 5.10. The average Bonchev–Trinajstić information content (AvgIpc) is 2.75. The zero-order valence-corrected chi connectivity index (χ0v) is 18.3. The fourth-order valence-electron chi connectivity index (χ4n) is 2.90. The van der Waals surface area contributed by atoms with Crippen molar-refractivity contribution in [3.63, 3.8) is 0 Å². The minimum atomic E-state index is -0.955. The Morgan fingerprint density at radius 1 is 1.12 bits per heavy atom. The molecule has 1 amide bonds. The van der Waals surface area contributed by atoms with Crippen LogP contribution in [0, 0.1) is 11.6 Å². The molecule has 1 N–H and O–H groups in total. The highest BCUT2D eigenvalue weighted by Gasteiger charge is 2.18. The number of fused-ring (bicyclic) bond motifs is 1. The van der Waals surface area contributed by atoms with Crippen molar-refractivity contribution in [2.24, 2.45) is 0 Å². The quantitative estimate of drug-likeness (QED) is 0.238. The lowest BCUT2D eigenvalue weighted by molar-refractivity contribution is -0.113. The number of thioether (sulfide) groups is 1. The van der Waals surface area contributed by atoms with Gasteiger partial charge in [0.25, 0.3) is 5.56 Å². The van der Waals surface area contributed by atoms with Crippen molar-refractivity contribution >= 4 is 57.5 Å². The molecule has 0 unspecified atom stereocenters. The lowest BCUT2D eigenvalue weighted by atomic mass is 10.2. The standard InChI is InChI=1S/C21H12Cl2F2N4O2S/c22-11-3-5-15-13(8-11)20(31)29(17-6-4-12(24)9-14(17)25)21(28-15)32-10-18(30)27-16-2-1-7-26-19(16)23/h1-9H,10H2,(H,27,30). The number of pyridine rings is 1. The third-order valence-electron chi connectivity index (χ3n) is 4.32. The van der Waals surface area contributed by atoms with Crippen LogP contribution in [0.1, 0.15) is 0 Å². The summed E-state index contributed by atoms with van der Waals surface area (Å²) in [5.41, 5.74) is -0.176. The van der Waals surface area contributed by atoms with Crippen molar-refractivity contribution in [1.29, 1.82) is 0 Å². The molecule has 0 bridgehead atoms. The van der Waals surface area contributed by atoms with E-state index in [4.69, 9.17) is 23.2 Å². The molecule has 2 aromatic carbocycles. The van der Waals surface area contributed by atoms with Gasteiger partial charge in [-0.15, -0.1) is 0 Å². The molecule has 11 heteroatoms. The Balaban J connectivity index is 1.74. The van der Waals surface area contributed by atoms with Gasteiger partial charge in [-0.25, -0.2) is 18.7 Å². The van der Waals surface area contributed by atoms with Gasteiger partial charge in [-0.2, -0.15) is 0 Å². The van der Waals surface area contributed by atoms with Crippen molar-refractivity contribution < 1.29 is 13.6 Å². The molecule has 4 aromatic rings. The number of carbonyl (C=O) groups excluding carboxylic acids is 1. The first-order valence-electron chi connectivity index (χ1n) is 9.04. The highest BCUT2D eigenvalue weighted by molar-refractivity contribution is 7.99. The number of nitrogens with zero attached hydrogens (tertiary/aromatic N) is 3. The third-order valence-corrected chi connectivity index (χ3v) is 5.79. The molecule has 162 valence electrons. The Morgan fingerprint density at radius 2 is 1.94 bits per heavy atom. The Morgan fingerprint density at radius 3 is 2.69 bits per heavy atom. The topological polar surface area (TPSA) is 76.9 Å². The third kappa shape index (κ3) is 4.59. The number of amides is 1. The molecule has 0 saturated heterocycles. The van der Waals surface area contributed by atoms with Crippen LogP contribution in [-0.2, 0) is 4.79 Å². The second-order valence-electron chi connectivity index (χ2n) is 6.47. The largest absolute Gasteiger partial charge is 0.323 e. The lowest BCUT2D eigenvalue weighted by Crippen LogP contribution is -2.24. The lowest BCUT2D eigenvalue weighted by Gasteiger charge is -2.14. The highest BCUT2D eigenvalue weighted by Crippen LogP contribution is 2.25. The summed E-state index contributed by atoms with van der Waals surface area (Å²) in [5, 5.41) is 3.23. The van der Waals surface area contributed by atoms with E-state index in [1.165, 1.54) is 12.3 Å². The van der Waals surface area contributed by atoms with E-state index in [-0.39, 0.29) is 27.1 Å². The summed E-state index contributed by atoms with van der Waals surface area (Å²) in [4.78, 5) is 33.9. The molecule has 4 rings (SSSR count). The van der Waals surface area contributed by atoms with Crippen LogP contribution in [0.2, 0.25) is 10.2 Å². The Labute approximate surface area is 194 Å². The summed E-state index contributed by atoms with van der Waals surface area (Å²) >= 11 is 12.9.